The van der Waals surface area contributed by atoms with Gasteiger partial charge in [-0.2, -0.15) is 0 Å². The second-order valence-electron chi connectivity index (χ2n) is 6.67. The van der Waals surface area contributed by atoms with Crippen molar-refractivity contribution in [1.29, 1.82) is 0 Å². The van der Waals surface area contributed by atoms with Gasteiger partial charge in [0.25, 0.3) is 5.91 Å². The van der Waals surface area contributed by atoms with Gasteiger partial charge in [-0.15, -0.1) is 0 Å². The van der Waals surface area contributed by atoms with Crippen LogP contribution >= 0.6 is 0 Å². The molecule has 1 aliphatic heterocycles. The van der Waals surface area contributed by atoms with E-state index in [1.54, 1.807) is 0 Å². The van der Waals surface area contributed by atoms with Crippen LogP contribution in [-0.4, -0.2) is 46.9 Å². The van der Waals surface area contributed by atoms with E-state index in [2.05, 4.69) is 29.0 Å². The number of H-pyrrole nitrogens is 1. The van der Waals surface area contributed by atoms with Crippen molar-refractivity contribution in [3.05, 3.63) is 38.3 Å². The summed E-state index contributed by atoms with van der Waals surface area (Å²) in [7, 11) is 0. The van der Waals surface area contributed by atoms with Crippen LogP contribution in [0.3, 0.4) is 0 Å². The SMILES string of the molecule is CC1CC(C)CN(CCCNC(=O)c2c[nH]c(=O)c([N+](=O)[O-])c2)C1. The smallest absolute Gasteiger partial charge is 0.334 e. The Labute approximate surface area is 140 Å². The monoisotopic (exact) mass is 336 g/mol. The molecule has 2 heterocycles. The van der Waals surface area contributed by atoms with E-state index in [4.69, 9.17) is 0 Å². The van der Waals surface area contributed by atoms with Crippen LogP contribution in [0.4, 0.5) is 5.69 Å². The maximum absolute atomic E-state index is 12.0. The van der Waals surface area contributed by atoms with Gasteiger partial charge in [0, 0.05) is 31.9 Å². The summed E-state index contributed by atoms with van der Waals surface area (Å²) in [5.74, 6) is 0.977. The number of nitrogens with one attached hydrogen (secondary N) is 2. The van der Waals surface area contributed by atoms with Gasteiger partial charge in [-0.05, 0) is 31.2 Å². The van der Waals surface area contributed by atoms with Crippen LogP contribution in [0.1, 0.15) is 37.0 Å². The Hall–Kier alpha value is -2.22. The molecule has 0 spiro atoms. The van der Waals surface area contributed by atoms with Crippen molar-refractivity contribution in [2.24, 2.45) is 11.8 Å². The number of carbonyl (C=O) groups excluding carboxylic acids is 1. The number of hydrogen-bond acceptors (Lipinski definition) is 5. The molecule has 2 atom stereocenters. The van der Waals surface area contributed by atoms with Crippen LogP contribution < -0.4 is 10.9 Å². The number of rotatable bonds is 6. The molecule has 8 nitrogen and oxygen atoms in total. The highest BCUT2D eigenvalue weighted by Crippen LogP contribution is 2.20. The zero-order valence-electron chi connectivity index (χ0n) is 14.1. The zero-order chi connectivity index (χ0) is 17.7. The Balaban J connectivity index is 1.80. The molecule has 2 unspecified atom stereocenters. The van der Waals surface area contributed by atoms with Crippen LogP contribution in [0.15, 0.2) is 17.1 Å². The van der Waals surface area contributed by atoms with E-state index >= 15 is 0 Å². The number of aromatic nitrogens is 1. The quantitative estimate of drug-likeness (QED) is 0.463. The summed E-state index contributed by atoms with van der Waals surface area (Å²) in [5.41, 5.74) is -1.36. The molecule has 1 fully saturated rings. The molecular weight excluding hydrogens is 312 g/mol. The average Bonchev–Trinajstić information content (AvgIpc) is 2.50. The first-order valence-corrected chi connectivity index (χ1v) is 8.24. The summed E-state index contributed by atoms with van der Waals surface area (Å²) in [5, 5.41) is 13.5. The third-order valence-electron chi connectivity index (χ3n) is 4.22. The molecule has 24 heavy (non-hydrogen) atoms. The summed E-state index contributed by atoms with van der Waals surface area (Å²) in [4.78, 5) is 37.9. The Morgan fingerprint density at radius 3 is 2.71 bits per heavy atom. The average molecular weight is 336 g/mol. The number of likely N-dealkylation sites (tertiary alicyclic amines) is 1. The molecule has 1 aromatic rings. The van der Waals surface area contributed by atoms with Gasteiger partial charge in [0.15, 0.2) is 0 Å². The molecule has 132 valence electrons. The number of piperidine rings is 1. The first-order chi connectivity index (χ1) is 11.4. The summed E-state index contributed by atoms with van der Waals surface area (Å²) in [6, 6.07) is 1.00. The molecule has 1 aromatic heterocycles. The molecular formula is C16H24N4O4. The van der Waals surface area contributed by atoms with E-state index in [-0.39, 0.29) is 5.56 Å². The number of carbonyl (C=O) groups is 1. The normalized spacial score (nSPS) is 21.4. The van der Waals surface area contributed by atoms with E-state index in [1.807, 2.05) is 0 Å². The highest BCUT2D eigenvalue weighted by atomic mass is 16.6. The Morgan fingerprint density at radius 2 is 2.08 bits per heavy atom. The number of amides is 1. The van der Waals surface area contributed by atoms with Crippen molar-refractivity contribution in [3.63, 3.8) is 0 Å². The van der Waals surface area contributed by atoms with Gasteiger partial charge in [-0.1, -0.05) is 13.8 Å². The lowest BCUT2D eigenvalue weighted by atomic mass is 9.92. The minimum atomic E-state index is -0.815. The second-order valence-corrected chi connectivity index (χ2v) is 6.67. The largest absolute Gasteiger partial charge is 0.352 e. The van der Waals surface area contributed by atoms with E-state index in [0.29, 0.717) is 18.4 Å². The summed E-state index contributed by atoms with van der Waals surface area (Å²) in [6.07, 6.45) is 3.27. The van der Waals surface area contributed by atoms with Gasteiger partial charge in [0.2, 0.25) is 0 Å². The first-order valence-electron chi connectivity index (χ1n) is 8.24. The molecule has 1 amide bonds. The Kier molecular flexibility index (Phi) is 6.08. The maximum Gasteiger partial charge on any atom is 0.334 e. The fraction of sp³-hybridized carbons (Fsp3) is 0.625. The molecule has 0 aromatic carbocycles. The lowest BCUT2D eigenvalue weighted by Gasteiger charge is -2.34. The van der Waals surface area contributed by atoms with Crippen LogP contribution in [0.5, 0.6) is 0 Å². The van der Waals surface area contributed by atoms with Crippen molar-refractivity contribution >= 4 is 11.6 Å². The van der Waals surface area contributed by atoms with Gasteiger partial charge in [-0.25, -0.2) is 0 Å². The van der Waals surface area contributed by atoms with Gasteiger partial charge in [-0.3, -0.25) is 19.7 Å². The number of nitro groups is 1. The number of hydrogen-bond donors (Lipinski definition) is 2. The lowest BCUT2D eigenvalue weighted by Crippen LogP contribution is -2.40. The topological polar surface area (TPSA) is 108 Å². The molecule has 1 saturated heterocycles. The van der Waals surface area contributed by atoms with E-state index < -0.39 is 22.1 Å². The Morgan fingerprint density at radius 1 is 1.42 bits per heavy atom. The number of nitrogens with zero attached hydrogens (tertiary/aromatic N) is 2. The molecule has 0 saturated carbocycles. The third kappa shape index (κ3) is 4.89. The van der Waals surface area contributed by atoms with Gasteiger partial charge in [0.05, 0.1) is 10.5 Å². The van der Waals surface area contributed by atoms with E-state index in [0.717, 1.165) is 32.1 Å². The molecule has 0 bridgehead atoms. The van der Waals surface area contributed by atoms with Crippen molar-refractivity contribution < 1.29 is 9.72 Å². The molecule has 0 aliphatic carbocycles. The van der Waals surface area contributed by atoms with E-state index in [1.165, 1.54) is 12.6 Å². The van der Waals surface area contributed by atoms with Crippen LogP contribution in [0.25, 0.3) is 0 Å². The maximum atomic E-state index is 12.0. The summed E-state index contributed by atoms with van der Waals surface area (Å²) >= 11 is 0. The first kappa shape index (κ1) is 18.1. The standard InChI is InChI=1S/C16H24N4O4/c1-11-6-12(2)10-19(9-11)5-3-4-17-15(21)13-7-14(20(23)24)16(22)18-8-13/h7-8,11-12H,3-6,9-10H2,1-2H3,(H,17,21)(H,18,22). The van der Waals surface area contributed by atoms with Gasteiger partial charge in [0.1, 0.15) is 0 Å². The van der Waals surface area contributed by atoms with E-state index in [9.17, 15) is 19.7 Å². The highest BCUT2D eigenvalue weighted by Gasteiger charge is 2.21. The minimum absolute atomic E-state index is 0.0847. The predicted octanol–water partition coefficient (Wildman–Crippen LogP) is 1.38. The summed E-state index contributed by atoms with van der Waals surface area (Å²) < 4.78 is 0. The molecule has 0 radical (unpaired) electrons. The van der Waals surface area contributed by atoms with Crippen molar-refractivity contribution in [3.8, 4) is 0 Å². The fourth-order valence-electron chi connectivity index (χ4n) is 3.32. The fourth-order valence-corrected chi connectivity index (χ4v) is 3.32. The molecule has 1 aliphatic rings. The minimum Gasteiger partial charge on any atom is -0.352 e. The molecule has 8 heteroatoms. The van der Waals surface area contributed by atoms with Crippen molar-refractivity contribution in [2.75, 3.05) is 26.2 Å². The highest BCUT2D eigenvalue weighted by molar-refractivity contribution is 5.94. The second kappa shape index (κ2) is 8.05. The van der Waals surface area contributed by atoms with Crippen molar-refractivity contribution in [1.82, 2.24) is 15.2 Å². The summed E-state index contributed by atoms with van der Waals surface area (Å²) in [6.45, 7) is 8.10. The van der Waals surface area contributed by atoms with Crippen LogP contribution in [0.2, 0.25) is 0 Å². The Bertz CT molecular complexity index is 648. The zero-order valence-corrected chi connectivity index (χ0v) is 14.1. The molecule has 2 rings (SSSR count). The van der Waals surface area contributed by atoms with Crippen molar-refractivity contribution in [2.45, 2.75) is 26.7 Å². The molecule has 2 N–H and O–H groups in total. The van der Waals surface area contributed by atoms with Gasteiger partial charge < -0.3 is 15.2 Å². The predicted molar refractivity (Wildman–Crippen MR) is 90.1 cm³/mol. The third-order valence-corrected chi connectivity index (χ3v) is 4.22. The number of pyridine rings is 1. The van der Waals surface area contributed by atoms with Crippen LogP contribution in [0, 0.1) is 22.0 Å². The lowest BCUT2D eigenvalue weighted by molar-refractivity contribution is -0.386. The van der Waals surface area contributed by atoms with Crippen LogP contribution in [-0.2, 0) is 0 Å². The number of aromatic amines is 1. The van der Waals surface area contributed by atoms with Gasteiger partial charge >= 0.3 is 11.2 Å².